The first kappa shape index (κ1) is 20.3. The fourth-order valence-electron chi connectivity index (χ4n) is 3.84. The van der Waals surface area contributed by atoms with E-state index in [1.54, 1.807) is 28.8 Å². The van der Waals surface area contributed by atoms with E-state index >= 15 is 0 Å². The van der Waals surface area contributed by atoms with Crippen LogP contribution in [-0.4, -0.2) is 64.5 Å². The number of ether oxygens (including phenoxy) is 2. The number of benzene rings is 1. The summed E-state index contributed by atoms with van der Waals surface area (Å²) in [5, 5.41) is 2.24. The second kappa shape index (κ2) is 8.49. The number of rotatable bonds is 3. The molecule has 4 heterocycles. The Bertz CT molecular complexity index is 1190. The minimum atomic E-state index is -0.0754. The number of thiazole rings is 1. The number of nitrogens with zero attached hydrogens (tertiary/aromatic N) is 4. The highest BCUT2D eigenvalue weighted by Crippen LogP contribution is 2.38. The van der Waals surface area contributed by atoms with Crippen molar-refractivity contribution in [3.8, 4) is 11.5 Å². The van der Waals surface area contributed by atoms with Gasteiger partial charge in [-0.1, -0.05) is 11.6 Å². The largest absolute Gasteiger partial charge is 0.489 e. The van der Waals surface area contributed by atoms with Crippen LogP contribution < -0.4 is 15.0 Å². The van der Waals surface area contributed by atoms with E-state index in [0.29, 0.717) is 73.0 Å². The molecule has 0 bridgehead atoms. The van der Waals surface area contributed by atoms with Gasteiger partial charge in [-0.25, -0.2) is 4.98 Å². The second-order valence-corrected chi connectivity index (χ2v) is 8.83. The first-order valence-corrected chi connectivity index (χ1v) is 11.4. The number of aromatic nitrogens is 2. The summed E-state index contributed by atoms with van der Waals surface area (Å²) in [6.45, 7) is 4.25. The molecule has 10 heteroatoms. The van der Waals surface area contributed by atoms with Crippen molar-refractivity contribution < 1.29 is 14.3 Å². The molecule has 0 aliphatic carbocycles. The zero-order valence-electron chi connectivity index (χ0n) is 16.8. The molecule has 3 aromatic rings. The molecule has 0 atom stereocenters. The lowest BCUT2D eigenvalue weighted by Crippen LogP contribution is -2.48. The average molecular weight is 461 g/mol. The zero-order valence-corrected chi connectivity index (χ0v) is 18.3. The van der Waals surface area contributed by atoms with Gasteiger partial charge in [0.2, 0.25) is 0 Å². The summed E-state index contributed by atoms with van der Waals surface area (Å²) in [6, 6.07) is 4.95. The van der Waals surface area contributed by atoms with E-state index in [2.05, 4.69) is 9.88 Å². The predicted octanol–water partition coefficient (Wildman–Crippen LogP) is 2.53. The SMILES string of the molecule is O=C(c1cc(Cl)c2c(c1)OCCCO2)N1CCN(Cc2cc(=O)n3ccsc3n2)CC1. The van der Waals surface area contributed by atoms with Crippen LogP contribution in [0, 0.1) is 0 Å². The van der Waals surface area contributed by atoms with Crippen molar-refractivity contribution in [2.75, 3.05) is 39.4 Å². The number of piperazine rings is 1. The standard InChI is InChI=1S/C21H21ClN4O4S/c22-16-10-14(11-17-19(16)30-8-1-7-29-17)20(28)25-4-2-24(3-5-25)13-15-12-18(27)26-6-9-31-21(26)23-15/h6,9-12H,1-5,7-8,13H2. The van der Waals surface area contributed by atoms with E-state index in [4.69, 9.17) is 21.1 Å². The molecule has 1 amide bonds. The van der Waals surface area contributed by atoms with E-state index in [1.165, 1.54) is 11.3 Å². The van der Waals surface area contributed by atoms with Crippen molar-refractivity contribution in [3.05, 3.63) is 56.4 Å². The van der Waals surface area contributed by atoms with Crippen LogP contribution in [0.2, 0.25) is 5.02 Å². The lowest BCUT2D eigenvalue weighted by molar-refractivity contribution is 0.0626. The molecule has 0 spiro atoms. The lowest BCUT2D eigenvalue weighted by Gasteiger charge is -2.34. The van der Waals surface area contributed by atoms with Crippen LogP contribution in [0.1, 0.15) is 22.5 Å². The topological polar surface area (TPSA) is 76.4 Å². The second-order valence-electron chi connectivity index (χ2n) is 7.55. The van der Waals surface area contributed by atoms with Crippen molar-refractivity contribution in [2.45, 2.75) is 13.0 Å². The summed E-state index contributed by atoms with van der Waals surface area (Å²) >= 11 is 7.79. The Balaban J connectivity index is 1.25. The van der Waals surface area contributed by atoms with Crippen LogP contribution in [0.15, 0.2) is 34.6 Å². The molecule has 0 N–H and O–H groups in total. The van der Waals surface area contributed by atoms with Crippen molar-refractivity contribution in [1.29, 1.82) is 0 Å². The molecule has 0 radical (unpaired) electrons. The van der Waals surface area contributed by atoms with E-state index in [1.807, 2.05) is 10.3 Å². The predicted molar refractivity (Wildman–Crippen MR) is 118 cm³/mol. The third kappa shape index (κ3) is 4.13. The van der Waals surface area contributed by atoms with Gasteiger partial charge in [-0.3, -0.25) is 18.9 Å². The van der Waals surface area contributed by atoms with Gasteiger partial charge in [-0.15, -0.1) is 11.3 Å². The Morgan fingerprint density at radius 3 is 2.77 bits per heavy atom. The van der Waals surface area contributed by atoms with Gasteiger partial charge in [0.15, 0.2) is 16.5 Å². The van der Waals surface area contributed by atoms with Gasteiger partial charge in [0.05, 0.1) is 23.9 Å². The van der Waals surface area contributed by atoms with Crippen LogP contribution >= 0.6 is 22.9 Å². The maximum Gasteiger partial charge on any atom is 0.258 e. The van der Waals surface area contributed by atoms with Crippen LogP contribution in [0.5, 0.6) is 11.5 Å². The highest BCUT2D eigenvalue weighted by atomic mass is 35.5. The fourth-order valence-corrected chi connectivity index (χ4v) is 4.85. The van der Waals surface area contributed by atoms with Gasteiger partial charge in [-0.05, 0) is 12.1 Å². The summed E-state index contributed by atoms with van der Waals surface area (Å²) in [6.07, 6.45) is 2.51. The molecular weight excluding hydrogens is 440 g/mol. The number of halogens is 1. The molecule has 5 rings (SSSR count). The fraction of sp³-hybridized carbons (Fsp3) is 0.381. The van der Waals surface area contributed by atoms with Gasteiger partial charge in [0.25, 0.3) is 11.5 Å². The average Bonchev–Trinajstić information content (AvgIpc) is 3.11. The van der Waals surface area contributed by atoms with Gasteiger partial charge >= 0.3 is 0 Å². The van der Waals surface area contributed by atoms with Crippen molar-refractivity contribution >= 4 is 33.8 Å². The van der Waals surface area contributed by atoms with Crippen LogP contribution in [0.4, 0.5) is 0 Å². The van der Waals surface area contributed by atoms with Crippen LogP contribution in [0.3, 0.4) is 0 Å². The number of carbonyl (C=O) groups excluding carboxylic acids is 1. The van der Waals surface area contributed by atoms with Gasteiger partial charge in [0, 0.05) is 62.4 Å². The van der Waals surface area contributed by atoms with Crippen molar-refractivity contribution in [1.82, 2.24) is 19.2 Å². The van der Waals surface area contributed by atoms with Gasteiger partial charge in [0.1, 0.15) is 0 Å². The summed E-state index contributed by atoms with van der Waals surface area (Å²) < 4.78 is 12.9. The number of fused-ring (bicyclic) bond motifs is 2. The minimum absolute atomic E-state index is 0.0682. The summed E-state index contributed by atoms with van der Waals surface area (Å²) in [5.74, 6) is 0.952. The minimum Gasteiger partial charge on any atom is -0.489 e. The number of carbonyl (C=O) groups is 1. The molecule has 1 saturated heterocycles. The third-order valence-electron chi connectivity index (χ3n) is 5.45. The molecule has 1 fully saturated rings. The molecule has 0 unspecified atom stereocenters. The molecule has 31 heavy (non-hydrogen) atoms. The quantitative estimate of drug-likeness (QED) is 0.598. The van der Waals surface area contributed by atoms with Gasteiger partial charge in [-0.2, -0.15) is 0 Å². The molecule has 1 aromatic carbocycles. The first-order valence-electron chi connectivity index (χ1n) is 10.1. The number of amides is 1. The Morgan fingerprint density at radius 2 is 1.94 bits per heavy atom. The molecule has 2 aliphatic rings. The molecular formula is C21H21ClN4O4S. The smallest absolute Gasteiger partial charge is 0.258 e. The Hall–Kier alpha value is -2.62. The summed E-state index contributed by atoms with van der Waals surface area (Å²) in [5.41, 5.74) is 1.18. The Kier molecular flexibility index (Phi) is 5.56. The van der Waals surface area contributed by atoms with Crippen molar-refractivity contribution in [3.63, 3.8) is 0 Å². The molecule has 0 saturated carbocycles. The zero-order chi connectivity index (χ0) is 21.4. The maximum absolute atomic E-state index is 13.0. The van der Waals surface area contributed by atoms with E-state index in [0.717, 1.165) is 12.1 Å². The molecule has 2 aromatic heterocycles. The highest BCUT2D eigenvalue weighted by Gasteiger charge is 2.25. The Labute approximate surface area is 187 Å². The number of hydrogen-bond donors (Lipinski definition) is 0. The molecule has 8 nitrogen and oxygen atoms in total. The van der Waals surface area contributed by atoms with Crippen LogP contribution in [-0.2, 0) is 6.54 Å². The third-order valence-corrected chi connectivity index (χ3v) is 6.49. The van der Waals surface area contributed by atoms with E-state index < -0.39 is 0 Å². The lowest BCUT2D eigenvalue weighted by atomic mass is 10.1. The maximum atomic E-state index is 13.0. The van der Waals surface area contributed by atoms with E-state index in [-0.39, 0.29) is 11.5 Å². The first-order chi connectivity index (χ1) is 15.1. The van der Waals surface area contributed by atoms with E-state index in [9.17, 15) is 9.59 Å². The van der Waals surface area contributed by atoms with Crippen molar-refractivity contribution in [2.24, 2.45) is 0 Å². The highest BCUT2D eigenvalue weighted by molar-refractivity contribution is 7.15. The molecule has 2 aliphatic heterocycles. The summed E-state index contributed by atoms with van der Waals surface area (Å²) in [7, 11) is 0. The number of hydrogen-bond acceptors (Lipinski definition) is 7. The summed E-state index contributed by atoms with van der Waals surface area (Å²) in [4.78, 5) is 34.5. The van der Waals surface area contributed by atoms with Gasteiger partial charge < -0.3 is 14.4 Å². The Morgan fingerprint density at radius 1 is 1.13 bits per heavy atom. The normalized spacial score (nSPS) is 17.0. The monoisotopic (exact) mass is 460 g/mol. The molecule has 162 valence electrons. The van der Waals surface area contributed by atoms with Crippen LogP contribution in [0.25, 0.3) is 4.96 Å².